The number of benzene rings is 2. The molecular weight excluding hydrogens is 492 g/mol. The van der Waals surface area contributed by atoms with Crippen molar-refractivity contribution in [1.29, 1.82) is 0 Å². The van der Waals surface area contributed by atoms with Gasteiger partial charge in [0.25, 0.3) is 5.91 Å². The Labute approximate surface area is 208 Å². The minimum Gasteiger partial charge on any atom is -0.338 e. The van der Waals surface area contributed by atoms with Crippen LogP contribution in [0, 0.1) is 0 Å². The molecule has 0 saturated carbocycles. The summed E-state index contributed by atoms with van der Waals surface area (Å²) >= 11 is 5.86. The molecule has 184 valence electrons. The summed E-state index contributed by atoms with van der Waals surface area (Å²) in [6.07, 6.45) is 2.08. The van der Waals surface area contributed by atoms with Crippen LogP contribution in [-0.4, -0.2) is 73.1 Å². The third-order valence-corrected chi connectivity index (χ3v) is 9.15. The first kappa shape index (κ1) is 23.8. The lowest BCUT2D eigenvalue weighted by Gasteiger charge is -2.35. The van der Waals surface area contributed by atoms with E-state index in [0.717, 1.165) is 28.9 Å². The molecule has 0 unspecified atom stereocenters. The van der Waals surface area contributed by atoms with Gasteiger partial charge >= 0.3 is 6.03 Å². The maximum absolute atomic E-state index is 13.4. The molecule has 0 radical (unpaired) electrons. The molecule has 1 spiro atoms. The van der Waals surface area contributed by atoms with Gasteiger partial charge in [-0.25, -0.2) is 13.2 Å². The third-order valence-electron chi connectivity index (χ3n) is 6.99. The molecule has 35 heavy (non-hydrogen) atoms. The Balaban J connectivity index is 1.25. The van der Waals surface area contributed by atoms with Crippen molar-refractivity contribution in [2.24, 2.45) is 0 Å². The van der Waals surface area contributed by atoms with Gasteiger partial charge in [-0.15, -0.1) is 0 Å². The largest absolute Gasteiger partial charge is 0.338 e. The normalized spacial score (nSPS) is 22.9. The van der Waals surface area contributed by atoms with Crippen LogP contribution in [0.3, 0.4) is 0 Å². The lowest BCUT2D eigenvalue weighted by Crippen LogP contribution is -2.53. The molecule has 2 heterocycles. The number of carbonyl (C=O) groups is 3. The van der Waals surface area contributed by atoms with E-state index in [-0.39, 0.29) is 37.6 Å². The highest BCUT2D eigenvalue weighted by atomic mass is 35.5. The van der Waals surface area contributed by atoms with E-state index in [1.54, 1.807) is 0 Å². The highest BCUT2D eigenvalue weighted by molar-refractivity contribution is 7.89. The molecule has 2 saturated heterocycles. The van der Waals surface area contributed by atoms with Gasteiger partial charge in [0, 0.05) is 31.2 Å². The van der Waals surface area contributed by atoms with Crippen molar-refractivity contribution < 1.29 is 22.8 Å². The SMILES string of the molecule is O=C(CN1C(=O)N[C@@]2(CCCc3ccccc32)C1=O)N1CCN(S(=O)(=O)c2ccc(Cl)cc2)CC1. The summed E-state index contributed by atoms with van der Waals surface area (Å²) in [5, 5.41) is 3.30. The Hall–Kier alpha value is -2.95. The average molecular weight is 517 g/mol. The monoisotopic (exact) mass is 516 g/mol. The van der Waals surface area contributed by atoms with E-state index in [2.05, 4.69) is 5.32 Å². The van der Waals surface area contributed by atoms with Gasteiger partial charge < -0.3 is 10.2 Å². The summed E-state index contributed by atoms with van der Waals surface area (Å²) in [5.74, 6) is -0.801. The van der Waals surface area contributed by atoms with Gasteiger partial charge in [0.2, 0.25) is 15.9 Å². The minimum atomic E-state index is -3.71. The lowest BCUT2D eigenvalue weighted by molar-refractivity contribution is -0.140. The molecule has 2 aromatic rings. The van der Waals surface area contributed by atoms with Crippen LogP contribution in [-0.2, 0) is 31.6 Å². The van der Waals surface area contributed by atoms with Crippen molar-refractivity contribution >= 4 is 39.5 Å². The Morgan fingerprint density at radius 2 is 1.69 bits per heavy atom. The van der Waals surface area contributed by atoms with E-state index in [4.69, 9.17) is 11.6 Å². The van der Waals surface area contributed by atoms with Crippen LogP contribution in [0.15, 0.2) is 53.4 Å². The fourth-order valence-corrected chi connectivity index (χ4v) is 6.67. The summed E-state index contributed by atoms with van der Waals surface area (Å²) in [7, 11) is -3.71. The molecule has 11 heteroatoms. The number of hydrogen-bond acceptors (Lipinski definition) is 5. The molecule has 2 aromatic carbocycles. The third kappa shape index (κ3) is 4.09. The number of sulfonamides is 1. The summed E-state index contributed by atoms with van der Waals surface area (Å²) in [6, 6.07) is 12.9. The maximum Gasteiger partial charge on any atom is 0.325 e. The fourth-order valence-electron chi connectivity index (χ4n) is 5.12. The Kier molecular flexibility index (Phi) is 6.06. The molecule has 2 fully saturated rings. The van der Waals surface area contributed by atoms with Crippen LogP contribution in [0.5, 0.6) is 0 Å². The molecule has 4 amide bonds. The van der Waals surface area contributed by atoms with Crippen molar-refractivity contribution in [3.8, 4) is 0 Å². The highest BCUT2D eigenvalue weighted by Crippen LogP contribution is 2.39. The van der Waals surface area contributed by atoms with Gasteiger partial charge in [-0.3, -0.25) is 14.5 Å². The van der Waals surface area contributed by atoms with Gasteiger partial charge in [0.1, 0.15) is 12.1 Å². The van der Waals surface area contributed by atoms with Crippen LogP contribution in [0.4, 0.5) is 4.79 Å². The van der Waals surface area contributed by atoms with E-state index in [1.807, 2.05) is 24.3 Å². The smallest absolute Gasteiger partial charge is 0.325 e. The number of nitrogens with one attached hydrogen (secondary N) is 1. The number of piperazine rings is 1. The molecule has 1 atom stereocenters. The first-order chi connectivity index (χ1) is 16.7. The second-order valence-electron chi connectivity index (χ2n) is 8.98. The molecule has 0 bridgehead atoms. The average Bonchev–Trinajstić information content (AvgIpc) is 3.09. The van der Waals surface area contributed by atoms with E-state index < -0.39 is 33.4 Å². The van der Waals surface area contributed by atoms with Crippen molar-refractivity contribution in [3.05, 3.63) is 64.7 Å². The number of halogens is 1. The summed E-state index contributed by atoms with van der Waals surface area (Å²) < 4.78 is 27.1. The van der Waals surface area contributed by atoms with Crippen LogP contribution in [0.2, 0.25) is 5.02 Å². The molecule has 5 rings (SSSR count). The summed E-state index contributed by atoms with van der Waals surface area (Å²) in [4.78, 5) is 41.8. The number of carbonyl (C=O) groups excluding carboxylic acids is 3. The second-order valence-corrected chi connectivity index (χ2v) is 11.4. The number of hydrogen-bond donors (Lipinski definition) is 1. The summed E-state index contributed by atoms with van der Waals surface area (Å²) in [5.41, 5.74) is 0.691. The Morgan fingerprint density at radius 3 is 2.40 bits per heavy atom. The highest BCUT2D eigenvalue weighted by Gasteiger charge is 2.54. The Bertz CT molecular complexity index is 1290. The van der Waals surface area contributed by atoms with E-state index in [0.29, 0.717) is 11.4 Å². The van der Waals surface area contributed by atoms with Gasteiger partial charge in [0.05, 0.1) is 4.90 Å². The number of imide groups is 1. The minimum absolute atomic E-state index is 0.119. The van der Waals surface area contributed by atoms with Gasteiger partial charge in [-0.05, 0) is 54.7 Å². The molecule has 9 nitrogen and oxygen atoms in total. The zero-order valence-corrected chi connectivity index (χ0v) is 20.5. The van der Waals surface area contributed by atoms with Crippen molar-refractivity contribution in [3.63, 3.8) is 0 Å². The van der Waals surface area contributed by atoms with Crippen LogP contribution < -0.4 is 5.32 Å². The predicted molar refractivity (Wildman–Crippen MR) is 128 cm³/mol. The van der Waals surface area contributed by atoms with Crippen LogP contribution >= 0.6 is 11.6 Å². The zero-order chi connectivity index (χ0) is 24.8. The number of urea groups is 1. The number of amides is 4. The maximum atomic E-state index is 13.4. The standard InChI is InChI=1S/C24H25ClN4O5S/c25-18-7-9-19(10-8-18)35(33,34)28-14-12-27(13-15-28)21(30)16-29-22(31)24(26-23(29)32)11-3-5-17-4-1-2-6-20(17)24/h1-2,4,6-10H,3,5,11-16H2,(H,26,32)/t24-/m1/s1. The van der Waals surface area contributed by atoms with Crippen LogP contribution in [0.1, 0.15) is 24.0 Å². The topological polar surface area (TPSA) is 107 Å². The van der Waals surface area contributed by atoms with Crippen molar-refractivity contribution in [2.45, 2.75) is 29.7 Å². The van der Waals surface area contributed by atoms with Crippen molar-refractivity contribution in [2.75, 3.05) is 32.7 Å². The summed E-state index contributed by atoms with van der Waals surface area (Å²) in [6.45, 7) is 0.202. The van der Waals surface area contributed by atoms with E-state index >= 15 is 0 Å². The molecular formula is C24H25ClN4O5S. The molecule has 1 aliphatic carbocycles. The molecule has 0 aromatic heterocycles. The quantitative estimate of drug-likeness (QED) is 0.625. The van der Waals surface area contributed by atoms with Gasteiger partial charge in [-0.2, -0.15) is 4.31 Å². The van der Waals surface area contributed by atoms with Crippen LogP contribution in [0.25, 0.3) is 0 Å². The number of fused-ring (bicyclic) bond motifs is 2. The van der Waals surface area contributed by atoms with E-state index in [9.17, 15) is 22.8 Å². The molecule has 1 N–H and O–H groups in total. The van der Waals surface area contributed by atoms with Gasteiger partial charge in [-0.1, -0.05) is 35.9 Å². The zero-order valence-electron chi connectivity index (χ0n) is 18.9. The van der Waals surface area contributed by atoms with Crippen molar-refractivity contribution in [1.82, 2.24) is 19.4 Å². The first-order valence-corrected chi connectivity index (χ1v) is 13.3. The number of nitrogens with zero attached hydrogens (tertiary/aromatic N) is 3. The molecule has 3 aliphatic rings. The number of rotatable bonds is 4. The second kappa shape index (κ2) is 8.92. The lowest BCUT2D eigenvalue weighted by atomic mass is 9.76. The molecule has 2 aliphatic heterocycles. The predicted octanol–water partition coefficient (Wildman–Crippen LogP) is 1.96. The van der Waals surface area contributed by atoms with Gasteiger partial charge in [0.15, 0.2) is 0 Å². The number of aryl methyl sites for hydroxylation is 1. The fraction of sp³-hybridized carbons (Fsp3) is 0.375. The first-order valence-electron chi connectivity index (χ1n) is 11.5. The Morgan fingerprint density at radius 1 is 1.00 bits per heavy atom. The van der Waals surface area contributed by atoms with E-state index in [1.165, 1.54) is 33.5 Å².